The zero-order chi connectivity index (χ0) is 94.4. The molecule has 0 saturated heterocycles. The summed E-state index contributed by atoms with van der Waals surface area (Å²) in [6, 6.07) is -19.2. The first kappa shape index (κ1) is 111. The van der Waals surface area contributed by atoms with Crippen LogP contribution in [0.5, 0.6) is 0 Å². The molecular formula is C76H146N32O15. The molecule has 47 heteroatoms. The van der Waals surface area contributed by atoms with E-state index in [9.17, 15) is 72.2 Å². The van der Waals surface area contributed by atoms with Gasteiger partial charge in [0.1, 0.15) is 78.5 Å². The number of carbonyl (C=O) groups excluding carboxylic acids is 13. The number of nitrogens with two attached hydrogens (primary N) is 7. The minimum atomic E-state index is -1.52. The summed E-state index contributed by atoms with van der Waals surface area (Å²) in [6.45, 7) is 26.3. The van der Waals surface area contributed by atoms with Gasteiger partial charge in [0.15, 0.2) is 35.8 Å². The highest BCUT2D eigenvalue weighted by Crippen LogP contribution is 2.17. The van der Waals surface area contributed by atoms with Crippen molar-refractivity contribution in [1.82, 2.24) is 101 Å². The standard InChI is InChI=1S/C76H146N32O15/c1-35(2)49(77)62(114)105-50(36(3)4)63(115)99-46(26-20-32-93-74(84)85)60(112)103-55(41(13)14)68(120)106-51(37(5)6)64(116)97-43(23-17-29-90-71(78)79)57(109)96-45(25-19-31-92-73(82)83)59(111)102-54(40(11)12)67(119)108-53(39(9)10)66(118)100-47(27-21-33-94-75(86)87)61(113)104-56(42(15)16)69(121)107-52(38(7)8)65(117)98-44(24-18-30-91-72(80)81)58(110)101-48(70(122)123)28-22-34-95-76(88)89/h35-56H,17-34,77H2,1-16H3,(H,96,109)(H,97,116)(H,98,117)(H,99,115)(H,100,118)(H,101,110)(H,102,111)(H,103,112)(H,104,113)(H,105,114)(H,106,120)(H,107,121)(H,108,119)(H,122,123)(H4,78,79,90)(H4,80,81,91)(H4,82,83,92)(H4,84,85,93)(H4,86,87,94)(H4,88,89,95)/t43-,44-,45-,46-,47-,48-,49-,50-,51-,52-,53-,54-,55-,56-/m0/s1. The number of amides is 13. The van der Waals surface area contributed by atoms with Gasteiger partial charge in [-0.1, -0.05) is 111 Å². The number of aliphatic carboxylic acids is 1. The Kier molecular flexibility index (Phi) is 51.9. The maximum absolute atomic E-state index is 14.8. The van der Waals surface area contributed by atoms with Crippen molar-refractivity contribution < 1.29 is 72.2 Å². The summed E-state index contributed by atoms with van der Waals surface area (Å²) in [7, 11) is 0. The molecule has 0 rings (SSSR count). The fourth-order valence-electron chi connectivity index (χ4n) is 12.2. The fraction of sp³-hybridized carbons (Fsp3) is 0.737. The molecule has 0 bridgehead atoms. The van der Waals surface area contributed by atoms with Crippen LogP contribution in [0.15, 0.2) is 0 Å². The summed E-state index contributed by atoms with van der Waals surface area (Å²) in [4.78, 5) is 199. The Hall–Kier alpha value is -11.8. The first-order chi connectivity index (χ1) is 57.3. The van der Waals surface area contributed by atoms with Crippen molar-refractivity contribution in [2.75, 3.05) is 39.3 Å². The third kappa shape index (κ3) is 44.5. The van der Waals surface area contributed by atoms with E-state index < -0.39 is 227 Å². The predicted molar refractivity (Wildman–Crippen MR) is 464 cm³/mol. The zero-order valence-electron chi connectivity index (χ0n) is 74.1. The summed E-state index contributed by atoms with van der Waals surface area (Å²) in [5.41, 5.74) is 39.1. The number of guanidine groups is 6. The van der Waals surface area contributed by atoms with Gasteiger partial charge in [0.2, 0.25) is 76.8 Å². The lowest BCUT2D eigenvalue weighted by molar-refractivity contribution is -0.142. The third-order valence-corrected chi connectivity index (χ3v) is 19.4. The molecular weight excluding hydrogens is 1600 g/mol. The molecule has 13 amide bonds. The summed E-state index contributed by atoms with van der Waals surface area (Å²) in [6.07, 6.45) is -0.0546. The van der Waals surface area contributed by atoms with Crippen LogP contribution in [0.2, 0.25) is 0 Å². The maximum atomic E-state index is 14.8. The monoisotopic (exact) mass is 1750 g/mol. The minimum Gasteiger partial charge on any atom is -0.480 e. The highest BCUT2D eigenvalue weighted by Gasteiger charge is 2.41. The number of nitrogens with one attached hydrogen (secondary N) is 25. The largest absolute Gasteiger partial charge is 0.480 e. The van der Waals surface area contributed by atoms with Gasteiger partial charge in [0.05, 0.1) is 6.04 Å². The van der Waals surface area contributed by atoms with Crippen molar-refractivity contribution in [2.24, 2.45) is 87.5 Å². The van der Waals surface area contributed by atoms with E-state index in [1.54, 1.807) is 111 Å². The van der Waals surface area contributed by atoms with Crippen molar-refractivity contribution in [1.29, 1.82) is 32.5 Å². The molecule has 0 aliphatic rings. The molecule has 700 valence electrons. The lowest BCUT2D eigenvalue weighted by atomic mass is 9.97. The van der Waals surface area contributed by atoms with Crippen molar-refractivity contribution in [3.63, 3.8) is 0 Å². The van der Waals surface area contributed by atoms with Crippen LogP contribution in [0.1, 0.15) is 188 Å². The molecule has 0 aliphatic heterocycles. The van der Waals surface area contributed by atoms with E-state index >= 15 is 0 Å². The molecule has 0 spiro atoms. The first-order valence-electron chi connectivity index (χ1n) is 41.7. The quantitative estimate of drug-likeness (QED) is 0.0153. The molecule has 0 aromatic carbocycles. The molecule has 0 unspecified atom stereocenters. The molecule has 123 heavy (non-hydrogen) atoms. The molecule has 47 nitrogen and oxygen atoms in total. The summed E-state index contributed by atoms with van der Waals surface area (Å²) in [5, 5.41) is 106. The van der Waals surface area contributed by atoms with E-state index in [0.717, 1.165) is 0 Å². The lowest BCUT2D eigenvalue weighted by Crippen LogP contribution is -2.63. The second kappa shape index (κ2) is 57.4. The Labute approximate surface area is 720 Å². The van der Waals surface area contributed by atoms with Crippen LogP contribution >= 0.6 is 0 Å². The van der Waals surface area contributed by atoms with Gasteiger partial charge in [0.25, 0.3) is 0 Å². The Morgan fingerprint density at radius 2 is 0.358 bits per heavy atom. The van der Waals surface area contributed by atoms with Gasteiger partial charge in [-0.05, 0) is 124 Å². The van der Waals surface area contributed by atoms with E-state index in [4.69, 9.17) is 72.6 Å². The number of hydrogen-bond acceptors (Lipinski definition) is 21. The van der Waals surface area contributed by atoms with Crippen LogP contribution in [-0.4, -0.2) is 247 Å². The summed E-state index contributed by atoms with van der Waals surface area (Å²) in [5.74, 6) is -19.8. The molecule has 0 fully saturated rings. The SMILES string of the molecule is CC(C)[C@H](N)C(=O)N[C@H](C(=O)N[C@@H](CCCNC(=N)N)C(=O)N[C@H](C(=O)N[C@H](C(=O)N[C@@H](CCCNC(=N)N)C(=O)N[C@@H](CCCNC(=N)N)C(=O)N[C@H](C(=O)N[C@H](C(=O)N[C@@H](CCCNC(=N)N)C(=O)N[C@H](C(=O)N[C@H](C(=O)N[C@@H](CCCNC(=N)N)C(=O)N[C@@H](CCCNC(=N)N)C(=O)O)C(C)C)C(C)C)C(C)C)C(C)C)C(C)C)C(C)C)C(C)C. The third-order valence-electron chi connectivity index (χ3n) is 19.4. The Morgan fingerprint density at radius 3 is 0.520 bits per heavy atom. The zero-order valence-corrected chi connectivity index (χ0v) is 74.1. The Morgan fingerprint density at radius 1 is 0.220 bits per heavy atom. The molecule has 0 aromatic heterocycles. The van der Waals surface area contributed by atoms with Gasteiger partial charge >= 0.3 is 5.97 Å². The number of carboxylic acid groups (broad SMARTS) is 1. The fourth-order valence-corrected chi connectivity index (χ4v) is 12.2. The summed E-state index contributed by atoms with van der Waals surface area (Å²) >= 11 is 0. The van der Waals surface area contributed by atoms with Crippen molar-refractivity contribution in [2.45, 2.75) is 272 Å². The van der Waals surface area contributed by atoms with Crippen LogP contribution in [-0.2, 0) is 67.1 Å². The Balaban J connectivity index is 7.41. The van der Waals surface area contributed by atoms with Crippen LogP contribution in [0, 0.1) is 79.8 Å². The van der Waals surface area contributed by atoms with Crippen LogP contribution in [0.25, 0.3) is 0 Å². The highest BCUT2D eigenvalue weighted by molar-refractivity contribution is 6.00. The number of carboxylic acids is 1. The first-order valence-corrected chi connectivity index (χ1v) is 41.7. The van der Waals surface area contributed by atoms with Crippen molar-refractivity contribution >= 4 is 119 Å². The molecule has 0 heterocycles. The number of rotatable bonds is 59. The van der Waals surface area contributed by atoms with Gasteiger partial charge in [-0.2, -0.15) is 0 Å². The van der Waals surface area contributed by atoms with Crippen LogP contribution in [0.3, 0.4) is 0 Å². The van der Waals surface area contributed by atoms with E-state index in [0.29, 0.717) is 0 Å². The molecule has 0 aromatic rings. The van der Waals surface area contributed by atoms with Crippen LogP contribution in [0.4, 0.5) is 0 Å². The lowest BCUT2D eigenvalue weighted by Gasteiger charge is -2.31. The highest BCUT2D eigenvalue weighted by atomic mass is 16.4. The van der Waals surface area contributed by atoms with Gasteiger partial charge in [-0.25, -0.2) is 4.79 Å². The van der Waals surface area contributed by atoms with E-state index in [2.05, 4.69) is 101 Å². The van der Waals surface area contributed by atoms with Crippen LogP contribution < -0.4 is 141 Å². The van der Waals surface area contributed by atoms with Gasteiger partial charge < -0.3 is 146 Å². The molecule has 0 radical (unpaired) electrons. The normalized spacial score (nSPS) is 14.7. The minimum absolute atomic E-state index is 0.00760. The molecule has 0 aliphatic carbocycles. The predicted octanol–water partition coefficient (Wildman–Crippen LogP) is -6.47. The average molecular weight is 1750 g/mol. The smallest absolute Gasteiger partial charge is 0.326 e. The summed E-state index contributed by atoms with van der Waals surface area (Å²) < 4.78 is 0. The second-order valence-electron chi connectivity index (χ2n) is 33.0. The van der Waals surface area contributed by atoms with Crippen molar-refractivity contribution in [3.8, 4) is 0 Å². The average Bonchev–Trinajstić information content (AvgIpc) is 0.845. The van der Waals surface area contributed by atoms with Gasteiger partial charge in [0, 0.05) is 39.3 Å². The Bertz CT molecular complexity index is 3540. The van der Waals surface area contributed by atoms with E-state index in [-0.39, 0.29) is 140 Å². The topological polar surface area (TPSA) is 813 Å². The molecule has 40 N–H and O–H groups in total. The van der Waals surface area contributed by atoms with E-state index in [1.807, 2.05) is 0 Å². The molecule has 14 atom stereocenters. The molecule has 0 saturated carbocycles. The second-order valence-corrected chi connectivity index (χ2v) is 33.0. The van der Waals surface area contributed by atoms with Gasteiger partial charge in [-0.3, -0.25) is 94.8 Å². The van der Waals surface area contributed by atoms with Crippen molar-refractivity contribution in [3.05, 3.63) is 0 Å². The number of hydrogen-bond donors (Lipinski definition) is 33. The number of carbonyl (C=O) groups is 14. The van der Waals surface area contributed by atoms with E-state index in [1.165, 1.54) is 0 Å². The maximum Gasteiger partial charge on any atom is 0.326 e. The van der Waals surface area contributed by atoms with Gasteiger partial charge in [-0.15, -0.1) is 0 Å².